The van der Waals surface area contributed by atoms with Gasteiger partial charge in [0.2, 0.25) is 5.91 Å². The summed E-state index contributed by atoms with van der Waals surface area (Å²) in [7, 11) is 1.43. The van der Waals surface area contributed by atoms with Gasteiger partial charge >= 0.3 is 0 Å². The highest BCUT2D eigenvalue weighted by molar-refractivity contribution is 5.91. The van der Waals surface area contributed by atoms with E-state index in [4.69, 9.17) is 5.11 Å². The summed E-state index contributed by atoms with van der Waals surface area (Å²) in [6.07, 6.45) is 2.72. The zero-order chi connectivity index (χ0) is 9.68. The van der Waals surface area contributed by atoms with Crippen LogP contribution in [0.4, 0.5) is 5.69 Å². The topological polar surface area (TPSA) is 71.5 Å². The Balaban J connectivity index is 2.58. The van der Waals surface area contributed by atoms with Crippen LogP contribution in [0.25, 0.3) is 0 Å². The Morgan fingerprint density at radius 2 is 2.46 bits per heavy atom. The number of aromatic hydroxyl groups is 1. The van der Waals surface area contributed by atoms with E-state index in [0.29, 0.717) is 5.69 Å². The van der Waals surface area contributed by atoms with Crippen molar-refractivity contribution in [3.8, 4) is 5.75 Å². The molecule has 13 heavy (non-hydrogen) atoms. The van der Waals surface area contributed by atoms with Crippen LogP contribution in [0.5, 0.6) is 5.75 Å². The van der Waals surface area contributed by atoms with Gasteiger partial charge in [0.25, 0.3) is 0 Å². The second kappa shape index (κ2) is 4.42. The number of nitrogens with zero attached hydrogens (tertiary/aromatic N) is 1. The molecule has 0 saturated carbocycles. The van der Waals surface area contributed by atoms with Crippen molar-refractivity contribution in [1.29, 1.82) is 0 Å². The molecule has 2 N–H and O–H groups in total. The molecule has 0 aliphatic heterocycles. The number of carbonyl (C=O) groups excluding carboxylic acids is 1. The molecule has 0 saturated heterocycles. The predicted octanol–water partition coefficient (Wildman–Crippen LogP) is 0.372. The number of nitrogens with one attached hydrogen (secondary N) is 1. The highest BCUT2D eigenvalue weighted by Crippen LogP contribution is 2.12. The average molecular weight is 182 g/mol. The summed E-state index contributed by atoms with van der Waals surface area (Å²) < 4.78 is 4.61. The van der Waals surface area contributed by atoms with Gasteiger partial charge in [0.05, 0.1) is 18.1 Å². The van der Waals surface area contributed by atoms with Gasteiger partial charge in [0, 0.05) is 13.2 Å². The molecule has 0 radical (unpaired) electrons. The lowest BCUT2D eigenvalue weighted by Crippen LogP contribution is -2.17. The fourth-order valence-corrected chi connectivity index (χ4v) is 0.824. The van der Waals surface area contributed by atoms with Crippen LogP contribution in [-0.2, 0) is 9.53 Å². The van der Waals surface area contributed by atoms with Gasteiger partial charge in [0.15, 0.2) is 0 Å². The summed E-state index contributed by atoms with van der Waals surface area (Å²) >= 11 is 0. The maximum absolute atomic E-state index is 11.0. The van der Waals surface area contributed by atoms with Gasteiger partial charge in [0.1, 0.15) is 12.4 Å². The van der Waals surface area contributed by atoms with Crippen molar-refractivity contribution in [1.82, 2.24) is 4.98 Å². The van der Waals surface area contributed by atoms with E-state index < -0.39 is 0 Å². The fraction of sp³-hybridized carbons (Fsp3) is 0.250. The molecule has 0 aliphatic rings. The summed E-state index contributed by atoms with van der Waals surface area (Å²) in [4.78, 5) is 14.7. The van der Waals surface area contributed by atoms with Crippen molar-refractivity contribution in [2.24, 2.45) is 0 Å². The van der Waals surface area contributed by atoms with Gasteiger partial charge in [-0.1, -0.05) is 0 Å². The summed E-state index contributed by atoms with van der Waals surface area (Å²) in [6, 6.07) is 1.40. The van der Waals surface area contributed by atoms with Gasteiger partial charge in [-0.15, -0.1) is 0 Å². The van der Waals surface area contributed by atoms with E-state index in [1.807, 2.05) is 0 Å². The minimum atomic E-state index is -0.282. The van der Waals surface area contributed by atoms with E-state index in [1.54, 1.807) is 0 Å². The predicted molar refractivity (Wildman–Crippen MR) is 46.4 cm³/mol. The first-order chi connectivity index (χ1) is 6.22. The number of aromatic nitrogens is 1. The Bertz CT molecular complexity index is 301. The lowest BCUT2D eigenvalue weighted by Gasteiger charge is -2.03. The maximum Gasteiger partial charge on any atom is 0.250 e. The molecular weight excluding hydrogens is 172 g/mol. The van der Waals surface area contributed by atoms with Gasteiger partial charge < -0.3 is 15.2 Å². The molecule has 1 aromatic heterocycles. The van der Waals surface area contributed by atoms with E-state index in [0.717, 1.165) is 0 Å². The molecule has 1 rings (SSSR count). The quantitative estimate of drug-likeness (QED) is 0.708. The molecule has 0 aliphatic carbocycles. The van der Waals surface area contributed by atoms with Gasteiger partial charge in [-0.05, 0) is 0 Å². The van der Waals surface area contributed by atoms with Crippen molar-refractivity contribution >= 4 is 11.6 Å². The van der Waals surface area contributed by atoms with E-state index in [2.05, 4.69) is 15.0 Å². The monoisotopic (exact) mass is 182 g/mol. The Hall–Kier alpha value is -1.62. The molecule has 1 heterocycles. The molecule has 5 nitrogen and oxygen atoms in total. The molecule has 5 heteroatoms. The highest BCUT2D eigenvalue weighted by Gasteiger charge is 2.01. The summed E-state index contributed by atoms with van der Waals surface area (Å²) in [5.41, 5.74) is 0.446. The van der Waals surface area contributed by atoms with Crippen molar-refractivity contribution < 1.29 is 14.6 Å². The van der Waals surface area contributed by atoms with Crippen molar-refractivity contribution in [2.75, 3.05) is 19.0 Å². The third kappa shape index (κ3) is 3.08. The number of carbonyl (C=O) groups is 1. The second-order valence-electron chi connectivity index (χ2n) is 2.41. The molecule has 0 aromatic carbocycles. The Morgan fingerprint density at radius 3 is 3.08 bits per heavy atom. The number of ether oxygens (including phenoxy) is 1. The van der Waals surface area contributed by atoms with Crippen LogP contribution in [0.3, 0.4) is 0 Å². The van der Waals surface area contributed by atoms with Crippen LogP contribution >= 0.6 is 0 Å². The van der Waals surface area contributed by atoms with E-state index in [1.165, 1.54) is 25.6 Å². The van der Waals surface area contributed by atoms with E-state index in [9.17, 15) is 4.79 Å². The minimum Gasteiger partial charge on any atom is -0.506 e. The number of anilines is 1. The van der Waals surface area contributed by atoms with Gasteiger partial charge in [-0.25, -0.2) is 0 Å². The Labute approximate surface area is 75.4 Å². The van der Waals surface area contributed by atoms with Crippen LogP contribution < -0.4 is 5.32 Å². The first-order valence-corrected chi connectivity index (χ1v) is 3.65. The Morgan fingerprint density at radius 1 is 1.69 bits per heavy atom. The summed E-state index contributed by atoms with van der Waals surface area (Å²) in [6.45, 7) is -0.0182. The van der Waals surface area contributed by atoms with Gasteiger partial charge in [-0.3, -0.25) is 9.78 Å². The van der Waals surface area contributed by atoms with E-state index >= 15 is 0 Å². The van der Waals surface area contributed by atoms with Crippen LogP contribution in [-0.4, -0.2) is 29.7 Å². The SMILES string of the molecule is COCC(=O)Nc1cncc(O)c1. The third-order valence-electron chi connectivity index (χ3n) is 1.28. The Kier molecular flexibility index (Phi) is 3.22. The molecule has 0 bridgehead atoms. The lowest BCUT2D eigenvalue weighted by atomic mass is 10.4. The van der Waals surface area contributed by atoms with Crippen molar-refractivity contribution in [3.05, 3.63) is 18.5 Å². The average Bonchev–Trinajstić information content (AvgIpc) is 2.04. The number of methoxy groups -OCH3 is 1. The smallest absolute Gasteiger partial charge is 0.250 e. The lowest BCUT2D eigenvalue weighted by molar-refractivity contribution is -0.119. The molecule has 0 fully saturated rings. The van der Waals surface area contributed by atoms with Crippen molar-refractivity contribution in [3.63, 3.8) is 0 Å². The van der Waals surface area contributed by atoms with Crippen molar-refractivity contribution in [2.45, 2.75) is 0 Å². The number of hydrogen-bond acceptors (Lipinski definition) is 4. The molecular formula is C8H10N2O3. The molecule has 70 valence electrons. The first-order valence-electron chi connectivity index (χ1n) is 3.65. The fourth-order valence-electron chi connectivity index (χ4n) is 0.824. The first kappa shape index (κ1) is 9.47. The van der Waals surface area contributed by atoms with Crippen LogP contribution in [0.2, 0.25) is 0 Å². The van der Waals surface area contributed by atoms with Gasteiger partial charge in [-0.2, -0.15) is 0 Å². The molecule has 1 amide bonds. The largest absolute Gasteiger partial charge is 0.506 e. The number of rotatable bonds is 3. The number of amides is 1. The summed E-state index contributed by atoms with van der Waals surface area (Å²) in [5.74, 6) is -0.273. The minimum absolute atomic E-state index is 0.00946. The zero-order valence-corrected chi connectivity index (χ0v) is 7.15. The third-order valence-corrected chi connectivity index (χ3v) is 1.28. The maximum atomic E-state index is 11.0. The van der Waals surface area contributed by atoms with Crippen LogP contribution in [0, 0.1) is 0 Å². The molecule has 1 aromatic rings. The number of hydrogen-bond donors (Lipinski definition) is 2. The standard InChI is InChI=1S/C8H10N2O3/c1-13-5-8(12)10-6-2-7(11)4-9-3-6/h2-4,11H,5H2,1H3,(H,10,12). The second-order valence-corrected chi connectivity index (χ2v) is 2.41. The zero-order valence-electron chi connectivity index (χ0n) is 7.15. The van der Waals surface area contributed by atoms with E-state index in [-0.39, 0.29) is 18.3 Å². The molecule has 0 atom stereocenters. The highest BCUT2D eigenvalue weighted by atomic mass is 16.5. The molecule has 0 spiro atoms. The van der Waals surface area contributed by atoms with Crippen LogP contribution in [0.1, 0.15) is 0 Å². The van der Waals surface area contributed by atoms with Crippen LogP contribution in [0.15, 0.2) is 18.5 Å². The summed E-state index contributed by atoms with van der Waals surface area (Å²) in [5, 5.41) is 11.5. The molecule has 0 unspecified atom stereocenters. The number of pyridine rings is 1. The normalized spacial score (nSPS) is 9.62.